The number of aliphatic hydroxyl groups excluding tert-OH is 1. The van der Waals surface area contributed by atoms with Gasteiger partial charge < -0.3 is 10.0 Å². The Morgan fingerprint density at radius 1 is 1.04 bits per heavy atom. The summed E-state index contributed by atoms with van der Waals surface area (Å²) in [6.07, 6.45) is 2.36. The second kappa shape index (κ2) is 6.88. The highest BCUT2D eigenvalue weighted by atomic mass is 16.3. The SMILES string of the molecule is CCCCN1C(=O)C(O)=C(C=O)C1c1c2ccccc2cc2ccccc12. The zero-order valence-electron chi connectivity index (χ0n) is 15.2. The largest absolute Gasteiger partial charge is 0.503 e. The van der Waals surface area contributed by atoms with Crippen LogP contribution >= 0.6 is 0 Å². The standard InChI is InChI=1S/C23H21NO3/c1-2-3-12-24-21(19(14-25)22(26)23(24)27)20-17-10-6-4-8-15(17)13-16-9-5-7-11-18(16)20/h4-11,13-14,21,26H,2-3,12H2,1H3. The van der Waals surface area contributed by atoms with Gasteiger partial charge in [0.1, 0.15) is 0 Å². The highest BCUT2D eigenvalue weighted by Crippen LogP contribution is 2.42. The Bertz CT molecular complexity index is 1030. The van der Waals surface area contributed by atoms with E-state index in [0.717, 1.165) is 39.9 Å². The Balaban J connectivity index is 2.05. The van der Waals surface area contributed by atoms with Crippen LogP contribution in [0.3, 0.4) is 0 Å². The fraction of sp³-hybridized carbons (Fsp3) is 0.217. The molecule has 136 valence electrons. The third-order valence-corrected chi connectivity index (χ3v) is 5.31. The van der Waals surface area contributed by atoms with Crippen LogP contribution in [0.25, 0.3) is 21.5 Å². The minimum Gasteiger partial charge on any atom is -0.503 e. The van der Waals surface area contributed by atoms with Crippen LogP contribution in [0.1, 0.15) is 31.4 Å². The van der Waals surface area contributed by atoms with Crippen LogP contribution in [0.2, 0.25) is 0 Å². The normalized spacial score (nSPS) is 17.3. The van der Waals surface area contributed by atoms with Gasteiger partial charge in [-0.05, 0) is 39.6 Å². The van der Waals surface area contributed by atoms with E-state index in [4.69, 9.17) is 0 Å². The lowest BCUT2D eigenvalue weighted by Crippen LogP contribution is -2.31. The molecule has 0 bridgehead atoms. The number of carbonyl (C=O) groups excluding carboxylic acids is 2. The smallest absolute Gasteiger partial charge is 0.289 e. The second-order valence-electron chi connectivity index (χ2n) is 6.91. The Labute approximate surface area is 157 Å². The Morgan fingerprint density at radius 3 is 2.19 bits per heavy atom. The zero-order valence-corrected chi connectivity index (χ0v) is 15.2. The van der Waals surface area contributed by atoms with Gasteiger partial charge >= 0.3 is 0 Å². The summed E-state index contributed by atoms with van der Waals surface area (Å²) < 4.78 is 0. The van der Waals surface area contributed by atoms with Crippen molar-refractivity contribution in [2.45, 2.75) is 25.8 Å². The highest BCUT2D eigenvalue weighted by molar-refractivity contribution is 6.08. The molecule has 0 spiro atoms. The van der Waals surface area contributed by atoms with Gasteiger partial charge in [-0.25, -0.2) is 0 Å². The number of fused-ring (bicyclic) bond motifs is 2. The number of hydrogen-bond acceptors (Lipinski definition) is 3. The first-order valence-corrected chi connectivity index (χ1v) is 9.27. The predicted molar refractivity (Wildman–Crippen MR) is 107 cm³/mol. The predicted octanol–water partition coefficient (Wildman–Crippen LogP) is 4.69. The first-order chi connectivity index (χ1) is 13.2. The van der Waals surface area contributed by atoms with Gasteiger partial charge in [-0.3, -0.25) is 9.59 Å². The van der Waals surface area contributed by atoms with Crippen molar-refractivity contribution in [2.24, 2.45) is 0 Å². The number of hydrogen-bond donors (Lipinski definition) is 1. The summed E-state index contributed by atoms with van der Waals surface area (Å²) in [5.74, 6) is -0.893. The van der Waals surface area contributed by atoms with Gasteiger partial charge in [-0.1, -0.05) is 61.9 Å². The van der Waals surface area contributed by atoms with Crippen LogP contribution in [-0.4, -0.2) is 28.7 Å². The highest BCUT2D eigenvalue weighted by Gasteiger charge is 2.41. The maximum atomic E-state index is 12.7. The summed E-state index contributed by atoms with van der Waals surface area (Å²) in [5.41, 5.74) is 1.05. The van der Waals surface area contributed by atoms with E-state index < -0.39 is 17.7 Å². The van der Waals surface area contributed by atoms with E-state index in [-0.39, 0.29) is 5.57 Å². The third kappa shape index (κ3) is 2.69. The van der Waals surface area contributed by atoms with Gasteiger partial charge in [0.15, 0.2) is 12.0 Å². The van der Waals surface area contributed by atoms with E-state index in [1.165, 1.54) is 0 Å². The number of amides is 1. The van der Waals surface area contributed by atoms with Crippen molar-refractivity contribution in [3.8, 4) is 0 Å². The fourth-order valence-corrected chi connectivity index (χ4v) is 4.01. The van der Waals surface area contributed by atoms with E-state index >= 15 is 0 Å². The molecule has 1 aliphatic heterocycles. The molecule has 0 radical (unpaired) electrons. The van der Waals surface area contributed by atoms with Gasteiger partial charge in [0.25, 0.3) is 5.91 Å². The summed E-state index contributed by atoms with van der Waals surface area (Å²) in [5, 5.41) is 14.4. The summed E-state index contributed by atoms with van der Waals surface area (Å²) >= 11 is 0. The molecule has 0 saturated carbocycles. The van der Waals surface area contributed by atoms with E-state index in [9.17, 15) is 14.7 Å². The minimum absolute atomic E-state index is 0.151. The number of carbonyl (C=O) groups is 2. The molecule has 0 saturated heterocycles. The lowest BCUT2D eigenvalue weighted by atomic mass is 9.89. The Hall–Kier alpha value is -3.14. The molecule has 1 N–H and O–H groups in total. The van der Waals surface area contributed by atoms with Crippen molar-refractivity contribution in [3.05, 3.63) is 71.5 Å². The molecule has 0 aromatic heterocycles. The van der Waals surface area contributed by atoms with Crippen molar-refractivity contribution in [2.75, 3.05) is 6.54 Å². The number of aliphatic hydroxyl groups is 1. The number of nitrogens with zero attached hydrogens (tertiary/aromatic N) is 1. The van der Waals surface area contributed by atoms with Crippen molar-refractivity contribution >= 4 is 33.7 Å². The van der Waals surface area contributed by atoms with Gasteiger partial charge in [-0.15, -0.1) is 0 Å². The summed E-state index contributed by atoms with van der Waals surface area (Å²) in [6, 6.07) is 17.5. The Morgan fingerprint density at radius 2 is 1.63 bits per heavy atom. The topological polar surface area (TPSA) is 57.6 Å². The first-order valence-electron chi connectivity index (χ1n) is 9.27. The maximum Gasteiger partial charge on any atom is 0.289 e. The average Bonchev–Trinajstić information content (AvgIpc) is 2.94. The van der Waals surface area contributed by atoms with E-state index in [0.29, 0.717) is 12.8 Å². The molecule has 1 aliphatic rings. The maximum absolute atomic E-state index is 12.7. The Kier molecular flexibility index (Phi) is 4.40. The minimum atomic E-state index is -0.572. The van der Waals surface area contributed by atoms with Crippen LogP contribution in [-0.2, 0) is 9.59 Å². The molecule has 3 aromatic rings. The number of aldehydes is 1. The van der Waals surface area contributed by atoms with Gasteiger partial charge in [-0.2, -0.15) is 0 Å². The summed E-state index contributed by atoms with van der Waals surface area (Å²) in [4.78, 5) is 26.2. The molecule has 1 heterocycles. The second-order valence-corrected chi connectivity index (χ2v) is 6.91. The quantitative estimate of drug-likeness (QED) is 0.531. The molecule has 4 nitrogen and oxygen atoms in total. The van der Waals surface area contributed by atoms with Crippen molar-refractivity contribution in [1.82, 2.24) is 4.90 Å². The number of rotatable bonds is 5. The molecule has 0 fully saturated rings. The third-order valence-electron chi connectivity index (χ3n) is 5.31. The van der Waals surface area contributed by atoms with E-state index in [2.05, 4.69) is 13.0 Å². The molecule has 3 aromatic carbocycles. The molecule has 4 rings (SSSR count). The van der Waals surface area contributed by atoms with Crippen LogP contribution in [0.4, 0.5) is 0 Å². The molecule has 27 heavy (non-hydrogen) atoms. The van der Waals surface area contributed by atoms with Gasteiger partial charge in [0.2, 0.25) is 0 Å². The van der Waals surface area contributed by atoms with E-state index in [1.54, 1.807) is 4.90 Å². The zero-order chi connectivity index (χ0) is 19.0. The number of benzene rings is 3. The average molecular weight is 359 g/mol. The van der Waals surface area contributed by atoms with E-state index in [1.807, 2.05) is 48.5 Å². The van der Waals surface area contributed by atoms with Crippen molar-refractivity contribution in [3.63, 3.8) is 0 Å². The molecule has 0 aliphatic carbocycles. The van der Waals surface area contributed by atoms with Gasteiger partial charge in [0.05, 0.1) is 11.6 Å². The van der Waals surface area contributed by atoms with Crippen LogP contribution in [0.5, 0.6) is 0 Å². The number of unbranched alkanes of at least 4 members (excludes halogenated alkanes) is 1. The molecular weight excluding hydrogens is 338 g/mol. The molecule has 4 heteroatoms. The van der Waals surface area contributed by atoms with Gasteiger partial charge in [0, 0.05) is 6.54 Å². The van der Waals surface area contributed by atoms with Crippen LogP contribution in [0, 0.1) is 0 Å². The molecule has 1 unspecified atom stereocenters. The summed E-state index contributed by atoms with van der Waals surface area (Å²) in [7, 11) is 0. The monoisotopic (exact) mass is 359 g/mol. The lowest BCUT2D eigenvalue weighted by molar-refractivity contribution is -0.129. The van der Waals surface area contributed by atoms with Crippen molar-refractivity contribution < 1.29 is 14.7 Å². The van der Waals surface area contributed by atoms with Crippen LogP contribution < -0.4 is 0 Å². The fourth-order valence-electron chi connectivity index (χ4n) is 4.01. The molecule has 1 atom stereocenters. The first kappa shape index (κ1) is 17.3. The summed E-state index contributed by atoms with van der Waals surface area (Å²) in [6.45, 7) is 2.55. The van der Waals surface area contributed by atoms with Crippen LogP contribution in [0.15, 0.2) is 65.9 Å². The molecule has 1 amide bonds. The van der Waals surface area contributed by atoms with Crippen molar-refractivity contribution in [1.29, 1.82) is 0 Å². The lowest BCUT2D eigenvalue weighted by Gasteiger charge is -2.28. The molecular formula is C23H21NO3.